The van der Waals surface area contributed by atoms with Crippen LogP contribution in [0.25, 0.3) is 5.70 Å². The Kier molecular flexibility index (Phi) is 5.81. The van der Waals surface area contributed by atoms with Crippen LogP contribution >= 0.6 is 11.6 Å². The van der Waals surface area contributed by atoms with Crippen molar-refractivity contribution in [2.75, 3.05) is 11.4 Å². The third-order valence-corrected chi connectivity index (χ3v) is 5.44. The number of rotatable bonds is 6. The number of fused-ring (bicyclic) bond motifs is 1. The number of aromatic nitrogens is 4. The molecule has 0 unspecified atom stereocenters. The van der Waals surface area contributed by atoms with E-state index in [1.54, 1.807) is 4.68 Å². The van der Waals surface area contributed by atoms with E-state index in [1.165, 1.54) is 0 Å². The Balaban J connectivity index is 1.77. The van der Waals surface area contributed by atoms with Gasteiger partial charge in [-0.05, 0) is 53.1 Å². The summed E-state index contributed by atoms with van der Waals surface area (Å²) in [5, 5.41) is 16.0. The smallest absolute Gasteiger partial charge is 0.251 e. The molecule has 0 saturated carbocycles. The molecule has 0 spiro atoms. The van der Waals surface area contributed by atoms with Gasteiger partial charge in [0.2, 0.25) is 5.91 Å². The lowest BCUT2D eigenvalue weighted by molar-refractivity contribution is -0.120. The number of anilines is 1. The van der Waals surface area contributed by atoms with Crippen molar-refractivity contribution in [2.24, 2.45) is 0 Å². The first-order valence-electron chi connectivity index (χ1n) is 9.94. The second-order valence-electron chi connectivity index (χ2n) is 7.30. The monoisotopic (exact) mass is 422 g/mol. The number of nitrogens with one attached hydrogen (secondary N) is 1. The van der Waals surface area contributed by atoms with Crippen molar-refractivity contribution in [2.45, 2.75) is 32.4 Å². The highest BCUT2D eigenvalue weighted by Crippen LogP contribution is 2.36. The zero-order valence-corrected chi connectivity index (χ0v) is 17.6. The molecular formula is C22H23ClN6O. The van der Waals surface area contributed by atoms with Gasteiger partial charge in [-0.1, -0.05) is 66.1 Å². The third-order valence-electron chi connectivity index (χ3n) is 5.19. The van der Waals surface area contributed by atoms with Crippen molar-refractivity contribution in [1.82, 2.24) is 25.5 Å². The molecule has 4 rings (SSSR count). The Morgan fingerprint density at radius 1 is 1.17 bits per heavy atom. The molecule has 8 heteroatoms. The zero-order valence-electron chi connectivity index (χ0n) is 16.9. The van der Waals surface area contributed by atoms with Crippen LogP contribution in [0.4, 0.5) is 5.95 Å². The maximum Gasteiger partial charge on any atom is 0.251 e. The van der Waals surface area contributed by atoms with E-state index in [1.807, 2.05) is 73.3 Å². The number of allylic oxidation sites excluding steroid dienone is 1. The first-order chi connectivity index (χ1) is 14.6. The highest BCUT2D eigenvalue weighted by atomic mass is 35.5. The molecule has 1 amide bonds. The van der Waals surface area contributed by atoms with Gasteiger partial charge in [-0.25, -0.2) is 0 Å². The summed E-state index contributed by atoms with van der Waals surface area (Å²) < 4.78 is 1.74. The molecule has 0 fully saturated rings. The van der Waals surface area contributed by atoms with Gasteiger partial charge < -0.3 is 5.32 Å². The van der Waals surface area contributed by atoms with E-state index < -0.39 is 0 Å². The summed E-state index contributed by atoms with van der Waals surface area (Å²) in [4.78, 5) is 14.6. The highest BCUT2D eigenvalue weighted by molar-refractivity contribution is 6.30. The van der Waals surface area contributed by atoms with Crippen LogP contribution < -0.4 is 10.2 Å². The van der Waals surface area contributed by atoms with Crippen molar-refractivity contribution in [3.8, 4) is 0 Å². The number of benzene rings is 2. The molecule has 0 aliphatic carbocycles. The van der Waals surface area contributed by atoms with E-state index in [-0.39, 0.29) is 24.5 Å². The van der Waals surface area contributed by atoms with Crippen LogP contribution in [0.15, 0.2) is 60.7 Å². The number of amides is 1. The second kappa shape index (κ2) is 8.67. The number of halogens is 1. The minimum Gasteiger partial charge on any atom is -0.352 e. The summed E-state index contributed by atoms with van der Waals surface area (Å²) in [6, 6.07) is 17.5. The Morgan fingerprint density at radius 3 is 2.60 bits per heavy atom. The van der Waals surface area contributed by atoms with E-state index in [4.69, 9.17) is 11.6 Å². The molecule has 1 aliphatic rings. The van der Waals surface area contributed by atoms with Crippen LogP contribution in [0.5, 0.6) is 0 Å². The summed E-state index contributed by atoms with van der Waals surface area (Å²) >= 11 is 6.10. The molecule has 0 saturated heterocycles. The van der Waals surface area contributed by atoms with Gasteiger partial charge in [0, 0.05) is 11.1 Å². The number of tetrazole rings is 1. The van der Waals surface area contributed by atoms with Gasteiger partial charge in [0.1, 0.15) is 12.6 Å². The number of carbonyl (C=O) groups excluding carboxylic acids is 1. The molecule has 1 aromatic heterocycles. The molecule has 3 aromatic rings. The maximum atomic E-state index is 12.7. The molecule has 2 atom stereocenters. The first kappa shape index (κ1) is 20.1. The van der Waals surface area contributed by atoms with Crippen LogP contribution in [-0.4, -0.2) is 38.7 Å². The van der Waals surface area contributed by atoms with Gasteiger partial charge in [0.05, 0.1) is 5.70 Å². The molecule has 0 radical (unpaired) electrons. The quantitative estimate of drug-likeness (QED) is 0.655. The number of hydrogen-bond acceptors (Lipinski definition) is 5. The van der Waals surface area contributed by atoms with Crippen molar-refractivity contribution >= 4 is 29.2 Å². The van der Waals surface area contributed by atoms with Crippen molar-refractivity contribution in [3.63, 3.8) is 0 Å². The van der Waals surface area contributed by atoms with Crippen LogP contribution in [0, 0.1) is 0 Å². The number of hydrogen-bond donors (Lipinski definition) is 1. The fraction of sp³-hybridized carbons (Fsp3) is 0.273. The standard InChI is InChI=1S/C22H23ClN6O/c1-3-15(2)24-21(30)14-28-19(17-9-11-18(23)12-10-17)13-20(16-7-5-4-6-8-16)29-22(28)25-26-27-29/h4-13,15,20H,3,14H2,1-2H3,(H,24,30)/t15-,20-/m0/s1. The topological polar surface area (TPSA) is 75.9 Å². The maximum absolute atomic E-state index is 12.7. The van der Waals surface area contributed by atoms with Gasteiger partial charge >= 0.3 is 0 Å². The molecule has 30 heavy (non-hydrogen) atoms. The Bertz CT molecular complexity index is 1050. The average molecular weight is 423 g/mol. The van der Waals surface area contributed by atoms with Crippen molar-refractivity contribution in [3.05, 3.63) is 76.8 Å². The van der Waals surface area contributed by atoms with Crippen LogP contribution in [0.1, 0.15) is 37.4 Å². The fourth-order valence-electron chi connectivity index (χ4n) is 3.45. The van der Waals surface area contributed by atoms with Gasteiger partial charge in [0.25, 0.3) is 5.95 Å². The lowest BCUT2D eigenvalue weighted by Gasteiger charge is -2.32. The third kappa shape index (κ3) is 4.07. The number of nitrogens with zero attached hydrogens (tertiary/aromatic N) is 5. The first-order valence-corrected chi connectivity index (χ1v) is 10.3. The van der Waals surface area contributed by atoms with Crippen LogP contribution in [0.2, 0.25) is 5.02 Å². The Labute approximate surface area is 180 Å². The van der Waals surface area contributed by atoms with Crippen molar-refractivity contribution < 1.29 is 4.79 Å². The normalized spacial score (nSPS) is 16.6. The molecule has 154 valence electrons. The predicted octanol–water partition coefficient (Wildman–Crippen LogP) is 3.69. The van der Waals surface area contributed by atoms with Gasteiger partial charge in [-0.3, -0.25) is 9.69 Å². The van der Waals surface area contributed by atoms with Gasteiger partial charge in [-0.15, -0.1) is 0 Å². The molecule has 2 heterocycles. The molecule has 2 aromatic carbocycles. The zero-order chi connectivity index (χ0) is 21.1. The predicted molar refractivity (Wildman–Crippen MR) is 117 cm³/mol. The second-order valence-corrected chi connectivity index (χ2v) is 7.74. The largest absolute Gasteiger partial charge is 0.352 e. The lowest BCUT2D eigenvalue weighted by Crippen LogP contribution is -2.42. The number of carbonyl (C=O) groups is 1. The summed E-state index contributed by atoms with van der Waals surface area (Å²) in [7, 11) is 0. The van der Waals surface area contributed by atoms with Crippen LogP contribution in [0.3, 0.4) is 0 Å². The summed E-state index contributed by atoms with van der Waals surface area (Å²) in [6.45, 7) is 4.14. The minimum atomic E-state index is -0.184. The van der Waals surface area contributed by atoms with Gasteiger partial charge in [0.15, 0.2) is 0 Å². The van der Waals surface area contributed by atoms with Crippen molar-refractivity contribution in [1.29, 1.82) is 0 Å². The Hall–Kier alpha value is -3.19. The van der Waals surface area contributed by atoms with E-state index in [9.17, 15) is 4.79 Å². The summed E-state index contributed by atoms with van der Waals surface area (Å²) in [5.74, 6) is 0.438. The molecule has 0 bridgehead atoms. The lowest BCUT2D eigenvalue weighted by atomic mass is 10.0. The van der Waals surface area contributed by atoms with E-state index in [2.05, 4.69) is 26.9 Å². The minimum absolute atomic E-state index is 0.0862. The average Bonchev–Trinajstić information content (AvgIpc) is 3.25. The molecule has 1 aliphatic heterocycles. The van der Waals surface area contributed by atoms with E-state index in [0.29, 0.717) is 11.0 Å². The van der Waals surface area contributed by atoms with E-state index in [0.717, 1.165) is 23.2 Å². The van der Waals surface area contributed by atoms with Crippen LogP contribution in [-0.2, 0) is 4.79 Å². The SMILES string of the molecule is CC[C@H](C)NC(=O)CN1C(c2ccc(Cl)cc2)=C[C@@H](c2ccccc2)n2nnnc21. The summed E-state index contributed by atoms with van der Waals surface area (Å²) in [5.41, 5.74) is 2.86. The molecular weight excluding hydrogens is 400 g/mol. The molecule has 1 N–H and O–H groups in total. The fourth-order valence-corrected chi connectivity index (χ4v) is 3.57. The van der Waals surface area contributed by atoms with E-state index >= 15 is 0 Å². The summed E-state index contributed by atoms with van der Waals surface area (Å²) in [6.07, 6.45) is 2.94. The molecule has 7 nitrogen and oxygen atoms in total. The van der Waals surface area contributed by atoms with Gasteiger partial charge in [-0.2, -0.15) is 4.68 Å². The Morgan fingerprint density at radius 2 is 1.90 bits per heavy atom. The highest BCUT2D eigenvalue weighted by Gasteiger charge is 2.32.